The summed E-state index contributed by atoms with van der Waals surface area (Å²) >= 11 is 0. The van der Waals surface area contributed by atoms with Crippen molar-refractivity contribution >= 4 is 17.4 Å². The molecule has 0 fully saturated rings. The van der Waals surface area contributed by atoms with E-state index in [0.29, 0.717) is 6.42 Å². The molecule has 27 heavy (non-hydrogen) atoms. The van der Waals surface area contributed by atoms with Gasteiger partial charge in [0.2, 0.25) is 0 Å². The van der Waals surface area contributed by atoms with Gasteiger partial charge in [0.1, 0.15) is 6.61 Å². The van der Waals surface area contributed by atoms with Crippen molar-refractivity contribution < 1.29 is 23.4 Å². The zero-order valence-electron chi connectivity index (χ0n) is 14.9. The molecule has 1 atom stereocenters. The van der Waals surface area contributed by atoms with Crippen molar-refractivity contribution in [3.05, 3.63) is 59.7 Å². The van der Waals surface area contributed by atoms with Crippen molar-refractivity contribution in [1.82, 2.24) is 0 Å². The molecule has 0 aromatic heterocycles. The molecular formula is C20H20F2N2O3. The molecule has 1 N–H and O–H groups in total. The lowest BCUT2D eigenvalue weighted by atomic mass is 10.1. The number of aryl methyl sites for hydroxylation is 1. The first-order valence-corrected chi connectivity index (χ1v) is 8.65. The molecule has 1 aliphatic heterocycles. The van der Waals surface area contributed by atoms with Crippen LogP contribution in [-0.4, -0.2) is 29.4 Å². The van der Waals surface area contributed by atoms with Crippen molar-refractivity contribution in [1.29, 1.82) is 0 Å². The second kappa shape index (κ2) is 8.16. The van der Waals surface area contributed by atoms with Crippen LogP contribution in [0.2, 0.25) is 0 Å². The molecule has 2 aromatic rings. The number of hydrazone groups is 1. The maximum absolute atomic E-state index is 14.3. The van der Waals surface area contributed by atoms with Crippen LogP contribution in [0.3, 0.4) is 0 Å². The monoisotopic (exact) mass is 374 g/mol. The first-order valence-electron chi connectivity index (χ1n) is 8.65. The van der Waals surface area contributed by atoms with Crippen molar-refractivity contribution in [2.24, 2.45) is 5.10 Å². The highest BCUT2D eigenvalue weighted by molar-refractivity contribution is 5.86. The van der Waals surface area contributed by atoms with Crippen molar-refractivity contribution in [2.75, 3.05) is 11.6 Å². The second-order valence-electron chi connectivity index (χ2n) is 6.47. The summed E-state index contributed by atoms with van der Waals surface area (Å²) in [6.07, 6.45) is 0.500. The zero-order valence-corrected chi connectivity index (χ0v) is 14.9. The summed E-state index contributed by atoms with van der Waals surface area (Å²) in [6.45, 7) is 1.96. The van der Waals surface area contributed by atoms with E-state index >= 15 is 0 Å². The average molecular weight is 374 g/mol. The van der Waals surface area contributed by atoms with Gasteiger partial charge < -0.3 is 9.84 Å². The standard InChI is InChI=1S/C20H20F2N2O3/c1-13-9-16(24(23-13)15-5-3-2-4-6-15)12-27-20-17(21)10-14(11-18(20)22)7-8-19(25)26/h2-6,10-11,16H,7-9,12H2,1H3,(H,25,26). The summed E-state index contributed by atoms with van der Waals surface area (Å²) in [5, 5.41) is 15.0. The van der Waals surface area contributed by atoms with E-state index in [9.17, 15) is 13.6 Å². The summed E-state index contributed by atoms with van der Waals surface area (Å²) in [7, 11) is 0. The molecule has 0 bridgehead atoms. The number of aliphatic carboxylic acids is 1. The quantitative estimate of drug-likeness (QED) is 0.795. The molecule has 0 saturated carbocycles. The molecule has 0 spiro atoms. The summed E-state index contributed by atoms with van der Waals surface area (Å²) in [5.74, 6) is -3.14. The highest BCUT2D eigenvalue weighted by Crippen LogP contribution is 2.28. The molecular weight excluding hydrogens is 354 g/mol. The Bertz CT molecular complexity index is 833. The Hall–Kier alpha value is -2.96. The molecule has 1 aliphatic rings. The Kier molecular flexibility index (Phi) is 5.69. The van der Waals surface area contributed by atoms with Crippen LogP contribution in [0.15, 0.2) is 47.6 Å². The molecule has 0 saturated heterocycles. The third-order valence-corrected chi connectivity index (χ3v) is 4.28. The number of carboxylic acid groups (broad SMARTS) is 1. The Morgan fingerprint density at radius 1 is 1.26 bits per heavy atom. The summed E-state index contributed by atoms with van der Waals surface area (Å²) in [6, 6.07) is 11.6. The van der Waals surface area contributed by atoms with E-state index in [1.54, 1.807) is 5.01 Å². The lowest BCUT2D eigenvalue weighted by Gasteiger charge is -2.24. The van der Waals surface area contributed by atoms with Crippen molar-refractivity contribution in [3.8, 4) is 5.75 Å². The van der Waals surface area contributed by atoms with Crippen LogP contribution in [0.1, 0.15) is 25.3 Å². The minimum atomic E-state index is -1.02. The Balaban J connectivity index is 1.70. The topological polar surface area (TPSA) is 62.1 Å². The van der Waals surface area contributed by atoms with Crippen LogP contribution >= 0.6 is 0 Å². The molecule has 142 valence electrons. The maximum atomic E-state index is 14.3. The van der Waals surface area contributed by atoms with Gasteiger partial charge in [-0.2, -0.15) is 5.10 Å². The molecule has 1 heterocycles. The summed E-state index contributed by atoms with van der Waals surface area (Å²) in [4.78, 5) is 10.6. The van der Waals surface area contributed by atoms with E-state index in [2.05, 4.69) is 5.10 Å². The van der Waals surface area contributed by atoms with Crippen LogP contribution in [0.5, 0.6) is 5.75 Å². The minimum absolute atomic E-state index is 0.0564. The number of carbonyl (C=O) groups is 1. The molecule has 2 aromatic carbocycles. The van der Waals surface area contributed by atoms with Crippen molar-refractivity contribution in [3.63, 3.8) is 0 Å². The number of nitrogens with zero attached hydrogens (tertiary/aromatic N) is 2. The Labute approximate surface area is 155 Å². The number of halogens is 2. The number of hydrogen-bond donors (Lipinski definition) is 1. The second-order valence-corrected chi connectivity index (χ2v) is 6.47. The molecule has 7 heteroatoms. The van der Waals surface area contributed by atoms with E-state index in [4.69, 9.17) is 9.84 Å². The highest BCUT2D eigenvalue weighted by atomic mass is 19.1. The van der Waals surface area contributed by atoms with Gasteiger partial charge >= 0.3 is 5.97 Å². The maximum Gasteiger partial charge on any atom is 0.303 e. The van der Waals surface area contributed by atoms with Crippen LogP contribution in [0.25, 0.3) is 0 Å². The Morgan fingerprint density at radius 3 is 2.56 bits per heavy atom. The molecule has 0 amide bonds. The van der Waals surface area contributed by atoms with E-state index in [1.165, 1.54) is 0 Å². The van der Waals surface area contributed by atoms with Gasteiger partial charge in [0.05, 0.1) is 11.7 Å². The van der Waals surface area contributed by atoms with Gasteiger partial charge in [-0.05, 0) is 43.2 Å². The van der Waals surface area contributed by atoms with E-state index in [-0.39, 0.29) is 31.1 Å². The van der Waals surface area contributed by atoms with Gasteiger partial charge in [0.25, 0.3) is 0 Å². The lowest BCUT2D eigenvalue weighted by molar-refractivity contribution is -0.136. The SMILES string of the molecule is CC1=NN(c2ccccc2)C(COc2c(F)cc(CCC(=O)O)cc2F)C1. The van der Waals surface area contributed by atoms with Gasteiger partial charge in [-0.1, -0.05) is 18.2 Å². The number of para-hydroxylation sites is 1. The number of hydrogen-bond acceptors (Lipinski definition) is 4. The first kappa shape index (κ1) is 18.8. The van der Waals surface area contributed by atoms with Crippen LogP contribution in [0, 0.1) is 11.6 Å². The van der Waals surface area contributed by atoms with Gasteiger partial charge in [-0.25, -0.2) is 8.78 Å². The normalized spacial score (nSPS) is 16.3. The highest BCUT2D eigenvalue weighted by Gasteiger charge is 2.27. The summed E-state index contributed by atoms with van der Waals surface area (Å²) < 4.78 is 34.0. The molecule has 3 rings (SSSR count). The zero-order chi connectivity index (χ0) is 19.4. The van der Waals surface area contributed by atoms with Gasteiger partial charge in [-0.15, -0.1) is 0 Å². The predicted octanol–water partition coefficient (Wildman–Crippen LogP) is 4.02. The largest absolute Gasteiger partial charge is 0.485 e. The van der Waals surface area contributed by atoms with E-state index in [0.717, 1.165) is 23.5 Å². The van der Waals surface area contributed by atoms with Gasteiger partial charge in [0, 0.05) is 18.6 Å². The fraction of sp³-hybridized carbons (Fsp3) is 0.300. The number of ether oxygens (including phenoxy) is 1. The van der Waals surface area contributed by atoms with Gasteiger partial charge in [0.15, 0.2) is 17.4 Å². The number of rotatable bonds is 7. The third kappa shape index (κ3) is 4.61. The van der Waals surface area contributed by atoms with Crippen LogP contribution < -0.4 is 9.75 Å². The molecule has 0 radical (unpaired) electrons. The van der Waals surface area contributed by atoms with Crippen LogP contribution in [0.4, 0.5) is 14.5 Å². The molecule has 0 aliphatic carbocycles. The molecule has 5 nitrogen and oxygen atoms in total. The van der Waals surface area contributed by atoms with Crippen LogP contribution in [-0.2, 0) is 11.2 Å². The van der Waals surface area contributed by atoms with E-state index < -0.39 is 23.4 Å². The fourth-order valence-corrected chi connectivity index (χ4v) is 3.04. The number of anilines is 1. The first-order chi connectivity index (χ1) is 12.9. The minimum Gasteiger partial charge on any atom is -0.485 e. The average Bonchev–Trinajstić information content (AvgIpc) is 3.00. The smallest absolute Gasteiger partial charge is 0.303 e. The van der Waals surface area contributed by atoms with Crippen molar-refractivity contribution in [2.45, 2.75) is 32.2 Å². The fourth-order valence-electron chi connectivity index (χ4n) is 3.04. The Morgan fingerprint density at radius 2 is 1.93 bits per heavy atom. The number of benzene rings is 2. The lowest BCUT2D eigenvalue weighted by Crippen LogP contribution is -2.32. The third-order valence-electron chi connectivity index (χ3n) is 4.28. The summed E-state index contributed by atoms with van der Waals surface area (Å²) in [5.41, 5.74) is 2.08. The molecule has 1 unspecified atom stereocenters. The predicted molar refractivity (Wildman–Crippen MR) is 98.2 cm³/mol. The van der Waals surface area contributed by atoms with E-state index in [1.807, 2.05) is 37.3 Å². The van der Waals surface area contributed by atoms with Gasteiger partial charge in [-0.3, -0.25) is 9.80 Å². The number of carboxylic acids is 1.